The second-order valence-electron chi connectivity index (χ2n) is 4.17. The molecule has 2 aliphatic heterocycles. The summed E-state index contributed by atoms with van der Waals surface area (Å²) < 4.78 is 27.9. The summed E-state index contributed by atoms with van der Waals surface area (Å²) in [4.78, 5) is 15.7. The van der Waals surface area contributed by atoms with Crippen molar-refractivity contribution in [2.24, 2.45) is 10.1 Å². The van der Waals surface area contributed by atoms with Crippen LogP contribution in [0.1, 0.15) is 5.76 Å². The lowest BCUT2D eigenvalue weighted by atomic mass is 10.1. The highest BCUT2D eigenvalue weighted by Gasteiger charge is 2.38. The fourth-order valence-corrected chi connectivity index (χ4v) is 3.32. The van der Waals surface area contributed by atoms with E-state index in [4.69, 9.17) is 9.83 Å². The van der Waals surface area contributed by atoms with Gasteiger partial charge in [0, 0.05) is 6.26 Å². The van der Waals surface area contributed by atoms with Crippen molar-refractivity contribution in [1.29, 1.82) is 5.41 Å². The van der Waals surface area contributed by atoms with E-state index in [2.05, 4.69) is 10.1 Å². The smallest absolute Gasteiger partial charge is 0.283 e. The van der Waals surface area contributed by atoms with Crippen molar-refractivity contribution < 1.29 is 17.6 Å². The molecule has 10 heteroatoms. The maximum atomic E-state index is 12.0. The Morgan fingerprint density at radius 3 is 2.86 bits per heavy atom. The highest BCUT2D eigenvalue weighted by molar-refractivity contribution is 8.42. The Hall–Kier alpha value is -2.20. The van der Waals surface area contributed by atoms with Gasteiger partial charge < -0.3 is 4.42 Å². The third-order valence-electron chi connectivity index (χ3n) is 2.58. The second-order valence-corrected chi connectivity index (χ2v) is 7.32. The van der Waals surface area contributed by atoms with Gasteiger partial charge in [0.1, 0.15) is 5.76 Å². The first-order valence-corrected chi connectivity index (χ1v) is 8.31. The van der Waals surface area contributed by atoms with E-state index in [1.807, 2.05) is 0 Å². The molecule has 108 valence electrons. The molecule has 3 heterocycles. The van der Waals surface area contributed by atoms with Crippen LogP contribution in [0.4, 0.5) is 0 Å². The van der Waals surface area contributed by atoms with Crippen LogP contribution in [0.2, 0.25) is 0 Å². The van der Waals surface area contributed by atoms with E-state index in [-0.39, 0.29) is 21.0 Å². The Labute approximate surface area is 123 Å². The first-order chi connectivity index (χ1) is 9.86. The Morgan fingerprint density at radius 2 is 2.24 bits per heavy atom. The van der Waals surface area contributed by atoms with Crippen LogP contribution < -0.4 is 0 Å². The number of hydrazone groups is 1. The number of amidine groups is 2. The van der Waals surface area contributed by atoms with E-state index in [1.165, 1.54) is 12.3 Å². The molecule has 0 fully saturated rings. The van der Waals surface area contributed by atoms with Gasteiger partial charge in [-0.15, -0.1) is 5.10 Å². The SMILES string of the molecule is CS(=O)(=O)C1=NN2C(=N)C(=Cc3ccco3)C(=O)N=C2S1. The number of nitrogens with one attached hydrogen (secondary N) is 1. The molecule has 0 aliphatic carbocycles. The topological polar surface area (TPSA) is 116 Å². The molecule has 1 N–H and O–H groups in total. The van der Waals surface area contributed by atoms with Crippen molar-refractivity contribution in [2.75, 3.05) is 6.26 Å². The molecule has 0 atom stereocenters. The lowest BCUT2D eigenvalue weighted by Crippen LogP contribution is -2.35. The number of carbonyl (C=O) groups is 1. The summed E-state index contributed by atoms with van der Waals surface area (Å²) in [6.07, 6.45) is 3.80. The molecule has 0 unspecified atom stereocenters. The van der Waals surface area contributed by atoms with Gasteiger partial charge in [-0.2, -0.15) is 10.0 Å². The van der Waals surface area contributed by atoms with Crippen molar-refractivity contribution >= 4 is 49.0 Å². The summed E-state index contributed by atoms with van der Waals surface area (Å²) >= 11 is 0.745. The van der Waals surface area contributed by atoms with Crippen LogP contribution in [0.3, 0.4) is 0 Å². The maximum absolute atomic E-state index is 12.0. The predicted octanol–water partition coefficient (Wildman–Crippen LogP) is 0.901. The third kappa shape index (κ3) is 2.43. The highest BCUT2D eigenvalue weighted by Crippen LogP contribution is 2.29. The second kappa shape index (κ2) is 4.67. The molecule has 1 aromatic rings. The van der Waals surface area contributed by atoms with Crippen molar-refractivity contribution in [3.8, 4) is 0 Å². The zero-order valence-electron chi connectivity index (χ0n) is 10.6. The molecular formula is C11H8N4O4S2. The molecular weight excluding hydrogens is 316 g/mol. The van der Waals surface area contributed by atoms with Crippen LogP contribution in [0.5, 0.6) is 0 Å². The zero-order valence-corrected chi connectivity index (χ0v) is 12.2. The largest absolute Gasteiger partial charge is 0.465 e. The number of nitrogens with zero attached hydrogens (tertiary/aromatic N) is 3. The fourth-order valence-electron chi connectivity index (χ4n) is 1.64. The Morgan fingerprint density at radius 1 is 1.48 bits per heavy atom. The molecule has 0 bridgehead atoms. The quantitative estimate of drug-likeness (QED) is 0.767. The monoisotopic (exact) mass is 324 g/mol. The molecule has 0 spiro atoms. The van der Waals surface area contributed by atoms with Crippen LogP contribution in [0, 0.1) is 5.41 Å². The first kappa shape index (κ1) is 13.8. The van der Waals surface area contributed by atoms with Gasteiger partial charge in [0.25, 0.3) is 5.91 Å². The van der Waals surface area contributed by atoms with Crippen molar-refractivity contribution in [3.63, 3.8) is 0 Å². The number of aliphatic imine (C=N–C) groups is 1. The number of hydrogen-bond acceptors (Lipinski definition) is 7. The summed E-state index contributed by atoms with van der Waals surface area (Å²) in [7, 11) is -3.52. The minimum absolute atomic E-state index is 0.0206. The number of fused-ring (bicyclic) bond motifs is 1. The average Bonchev–Trinajstić information content (AvgIpc) is 3.02. The van der Waals surface area contributed by atoms with E-state index in [9.17, 15) is 13.2 Å². The number of thioether (sulfide) groups is 1. The molecule has 2 aliphatic rings. The van der Waals surface area contributed by atoms with Crippen molar-refractivity contribution in [1.82, 2.24) is 5.01 Å². The molecule has 3 rings (SSSR count). The maximum Gasteiger partial charge on any atom is 0.283 e. The van der Waals surface area contributed by atoms with Gasteiger partial charge >= 0.3 is 0 Å². The molecule has 8 nitrogen and oxygen atoms in total. The van der Waals surface area contributed by atoms with Crippen LogP contribution in [0.25, 0.3) is 6.08 Å². The van der Waals surface area contributed by atoms with E-state index in [0.29, 0.717) is 5.76 Å². The molecule has 21 heavy (non-hydrogen) atoms. The van der Waals surface area contributed by atoms with Crippen molar-refractivity contribution in [3.05, 3.63) is 29.7 Å². The van der Waals surface area contributed by atoms with Crippen LogP contribution in [0.15, 0.2) is 38.5 Å². The Kier molecular flexibility index (Phi) is 3.06. The summed E-state index contributed by atoms with van der Waals surface area (Å²) in [5, 5.41) is 12.9. The molecule has 1 aromatic heterocycles. The number of hydrogen-bond donors (Lipinski definition) is 1. The van der Waals surface area contributed by atoms with Crippen LogP contribution in [-0.2, 0) is 14.6 Å². The fraction of sp³-hybridized carbons (Fsp3) is 0.0909. The zero-order chi connectivity index (χ0) is 15.2. The molecule has 0 aromatic carbocycles. The van der Waals surface area contributed by atoms with Crippen molar-refractivity contribution in [2.45, 2.75) is 0 Å². The van der Waals surface area contributed by atoms with Gasteiger partial charge in [-0.25, -0.2) is 8.42 Å². The van der Waals surface area contributed by atoms with Gasteiger partial charge in [0.05, 0.1) is 11.8 Å². The standard InChI is InChI=1S/C11H8N4O4S2/c1-21(17,18)11-14-15-8(12)7(5-6-3-2-4-19-6)9(16)13-10(15)20-11/h2-5,12H,1H3. The van der Waals surface area contributed by atoms with Gasteiger partial charge in [0.2, 0.25) is 19.4 Å². The minimum Gasteiger partial charge on any atom is -0.465 e. The van der Waals surface area contributed by atoms with Gasteiger partial charge in [-0.05, 0) is 30.0 Å². The van der Waals surface area contributed by atoms with E-state index in [0.717, 1.165) is 23.0 Å². The normalized spacial score (nSPS) is 20.6. The molecule has 1 amide bonds. The first-order valence-electron chi connectivity index (χ1n) is 5.60. The number of rotatable bonds is 1. The molecule has 0 saturated carbocycles. The van der Waals surface area contributed by atoms with E-state index in [1.54, 1.807) is 12.1 Å². The summed E-state index contributed by atoms with van der Waals surface area (Å²) in [6.45, 7) is 0. The molecule has 0 saturated heterocycles. The number of furan rings is 1. The Balaban J connectivity index is 2.03. The Bertz CT molecular complexity index is 834. The van der Waals surface area contributed by atoms with Crippen LogP contribution >= 0.6 is 11.8 Å². The summed E-state index contributed by atoms with van der Waals surface area (Å²) in [5.74, 6) is -0.492. The number of sulfone groups is 1. The molecule has 0 radical (unpaired) electrons. The number of carbonyl (C=O) groups excluding carboxylic acids is 1. The predicted molar refractivity (Wildman–Crippen MR) is 78.6 cm³/mol. The minimum atomic E-state index is -3.52. The third-order valence-corrected chi connectivity index (χ3v) is 5.16. The lowest BCUT2D eigenvalue weighted by molar-refractivity contribution is -0.114. The summed E-state index contributed by atoms with van der Waals surface area (Å²) in [6, 6.07) is 3.26. The van der Waals surface area contributed by atoms with Gasteiger partial charge in [-0.3, -0.25) is 10.2 Å². The summed E-state index contributed by atoms with van der Waals surface area (Å²) in [5.41, 5.74) is -0.0206. The lowest BCUT2D eigenvalue weighted by Gasteiger charge is -2.19. The van der Waals surface area contributed by atoms with E-state index < -0.39 is 15.7 Å². The average molecular weight is 324 g/mol. The highest BCUT2D eigenvalue weighted by atomic mass is 32.3. The van der Waals surface area contributed by atoms with Gasteiger partial charge in [0.15, 0.2) is 5.84 Å². The van der Waals surface area contributed by atoms with Gasteiger partial charge in [-0.1, -0.05) is 0 Å². The van der Waals surface area contributed by atoms with E-state index >= 15 is 0 Å². The van der Waals surface area contributed by atoms with Crippen LogP contribution in [-0.4, -0.2) is 41.0 Å². The number of amides is 1.